The van der Waals surface area contributed by atoms with E-state index < -0.39 is 0 Å². The molecule has 0 amide bonds. The lowest BCUT2D eigenvalue weighted by Crippen LogP contribution is -2.47. The molecular formula is C17H23NO2. The highest BCUT2D eigenvalue weighted by atomic mass is 16.5. The Morgan fingerprint density at radius 1 is 1.15 bits per heavy atom. The van der Waals surface area contributed by atoms with Gasteiger partial charge in [0.2, 0.25) is 0 Å². The highest BCUT2D eigenvalue weighted by molar-refractivity contribution is 5.46. The Kier molecular flexibility index (Phi) is 3.10. The molecule has 1 aliphatic carbocycles. The van der Waals surface area contributed by atoms with Gasteiger partial charge in [-0.15, -0.1) is 0 Å². The van der Waals surface area contributed by atoms with E-state index in [9.17, 15) is 0 Å². The van der Waals surface area contributed by atoms with Gasteiger partial charge in [-0.3, -0.25) is 4.90 Å². The predicted molar refractivity (Wildman–Crippen MR) is 78.6 cm³/mol. The van der Waals surface area contributed by atoms with E-state index in [-0.39, 0.29) is 0 Å². The minimum Gasteiger partial charge on any atom is -0.497 e. The average molecular weight is 273 g/mol. The second-order valence-electron chi connectivity index (χ2n) is 6.33. The maximum Gasteiger partial charge on any atom is 0.123 e. The first-order valence-corrected chi connectivity index (χ1v) is 7.95. The van der Waals surface area contributed by atoms with Crippen molar-refractivity contribution in [2.75, 3.05) is 20.2 Å². The molecule has 1 saturated carbocycles. The molecule has 3 heteroatoms. The molecule has 3 nitrogen and oxygen atoms in total. The minimum atomic E-state index is 0.365. The van der Waals surface area contributed by atoms with Crippen molar-refractivity contribution in [2.24, 2.45) is 0 Å². The van der Waals surface area contributed by atoms with E-state index in [0.717, 1.165) is 11.5 Å². The fraction of sp³-hybridized carbons (Fsp3) is 0.647. The van der Waals surface area contributed by atoms with E-state index in [1.165, 1.54) is 50.8 Å². The Morgan fingerprint density at radius 2 is 2.00 bits per heavy atom. The monoisotopic (exact) mass is 273 g/mol. The molecule has 0 radical (unpaired) electrons. The molecular weight excluding hydrogens is 250 g/mol. The molecule has 2 heterocycles. The Bertz CT molecular complexity index is 496. The molecule has 3 unspecified atom stereocenters. The van der Waals surface area contributed by atoms with E-state index in [4.69, 9.17) is 9.47 Å². The molecule has 0 spiro atoms. The van der Waals surface area contributed by atoms with Crippen molar-refractivity contribution < 1.29 is 9.47 Å². The van der Waals surface area contributed by atoms with Crippen molar-refractivity contribution in [3.05, 3.63) is 23.8 Å². The van der Waals surface area contributed by atoms with Gasteiger partial charge >= 0.3 is 0 Å². The summed E-state index contributed by atoms with van der Waals surface area (Å²) in [4.78, 5) is 2.67. The number of likely N-dealkylation sites (tertiary alicyclic amines) is 1. The van der Waals surface area contributed by atoms with Crippen LogP contribution >= 0.6 is 0 Å². The normalized spacial score (nSPS) is 32.5. The maximum atomic E-state index is 6.34. The summed E-state index contributed by atoms with van der Waals surface area (Å²) in [7, 11) is 1.74. The highest BCUT2D eigenvalue weighted by Gasteiger charge is 2.44. The van der Waals surface area contributed by atoms with Crippen LogP contribution in [0.1, 0.15) is 43.6 Å². The molecule has 3 aliphatic rings. The zero-order chi connectivity index (χ0) is 13.5. The Balaban J connectivity index is 1.63. The van der Waals surface area contributed by atoms with Crippen LogP contribution in [0.5, 0.6) is 11.5 Å². The fourth-order valence-electron chi connectivity index (χ4n) is 4.30. The van der Waals surface area contributed by atoms with Crippen molar-refractivity contribution >= 4 is 0 Å². The molecule has 2 aliphatic heterocycles. The van der Waals surface area contributed by atoms with Crippen LogP contribution in [0.4, 0.5) is 0 Å². The van der Waals surface area contributed by atoms with Crippen LogP contribution in [-0.4, -0.2) is 37.2 Å². The third-order valence-electron chi connectivity index (χ3n) is 5.28. The number of ether oxygens (including phenoxy) is 2. The summed E-state index contributed by atoms with van der Waals surface area (Å²) in [5.74, 6) is 2.61. The number of hydrogen-bond acceptors (Lipinski definition) is 3. The van der Waals surface area contributed by atoms with Gasteiger partial charge in [0.15, 0.2) is 0 Å². The number of benzene rings is 1. The molecule has 1 aromatic carbocycles. The van der Waals surface area contributed by atoms with Crippen molar-refractivity contribution in [2.45, 2.75) is 50.2 Å². The van der Waals surface area contributed by atoms with Gasteiger partial charge in [0.05, 0.1) is 7.11 Å². The van der Waals surface area contributed by atoms with Crippen LogP contribution in [0, 0.1) is 0 Å². The molecule has 0 N–H and O–H groups in total. The molecule has 0 bridgehead atoms. The molecule has 4 rings (SSSR count). The smallest absolute Gasteiger partial charge is 0.123 e. The molecule has 1 saturated heterocycles. The second kappa shape index (κ2) is 4.96. The number of nitrogens with zero attached hydrogens (tertiary/aromatic N) is 1. The summed E-state index contributed by atoms with van der Waals surface area (Å²) in [6.45, 7) is 2.52. The van der Waals surface area contributed by atoms with Crippen LogP contribution in [0.2, 0.25) is 0 Å². The summed E-state index contributed by atoms with van der Waals surface area (Å²) in [5, 5.41) is 0. The zero-order valence-corrected chi connectivity index (χ0v) is 12.2. The van der Waals surface area contributed by atoms with Crippen molar-refractivity contribution in [3.8, 4) is 11.5 Å². The Hall–Kier alpha value is -1.22. The van der Waals surface area contributed by atoms with Gasteiger partial charge < -0.3 is 9.47 Å². The summed E-state index contributed by atoms with van der Waals surface area (Å²) in [6, 6.07) is 6.91. The topological polar surface area (TPSA) is 21.7 Å². The van der Waals surface area contributed by atoms with Crippen molar-refractivity contribution in [3.63, 3.8) is 0 Å². The molecule has 1 aromatic rings. The first-order chi connectivity index (χ1) is 9.86. The van der Waals surface area contributed by atoms with Crippen molar-refractivity contribution in [1.29, 1.82) is 0 Å². The number of rotatable bonds is 2. The van der Waals surface area contributed by atoms with Gasteiger partial charge in [-0.1, -0.05) is 6.42 Å². The first-order valence-electron chi connectivity index (χ1n) is 7.95. The van der Waals surface area contributed by atoms with Crippen LogP contribution < -0.4 is 9.47 Å². The van der Waals surface area contributed by atoms with Crippen molar-refractivity contribution in [1.82, 2.24) is 4.90 Å². The minimum absolute atomic E-state index is 0.365. The zero-order valence-electron chi connectivity index (χ0n) is 12.2. The van der Waals surface area contributed by atoms with Gasteiger partial charge in [-0.25, -0.2) is 0 Å². The van der Waals surface area contributed by atoms with Crippen LogP contribution in [0.3, 0.4) is 0 Å². The van der Waals surface area contributed by atoms with E-state index in [1.807, 2.05) is 6.07 Å². The average Bonchev–Trinajstić information content (AvgIpc) is 3.13. The predicted octanol–water partition coefficient (Wildman–Crippen LogP) is 3.19. The quantitative estimate of drug-likeness (QED) is 0.826. The lowest BCUT2D eigenvalue weighted by molar-refractivity contribution is 0.0520. The Morgan fingerprint density at radius 3 is 2.80 bits per heavy atom. The molecule has 108 valence electrons. The largest absolute Gasteiger partial charge is 0.497 e. The number of methoxy groups -OCH3 is 1. The molecule has 2 fully saturated rings. The standard InChI is InChI=1S/C17H23NO2/c1-19-12-7-8-16-14(11-12)13-5-4-6-15(17(13)20-16)18-9-2-3-10-18/h7-8,11,13,15,17H,2-6,9-10H2,1H3. The van der Waals surface area contributed by atoms with Gasteiger partial charge in [0.25, 0.3) is 0 Å². The van der Waals surface area contributed by atoms with Gasteiger partial charge in [0, 0.05) is 17.5 Å². The Labute approximate surface area is 120 Å². The van der Waals surface area contributed by atoms with Gasteiger partial charge in [-0.05, 0) is 57.0 Å². The SMILES string of the molecule is COc1ccc2c(c1)C1CCCC(N3CCCC3)C1O2. The summed E-state index contributed by atoms with van der Waals surface area (Å²) < 4.78 is 11.7. The number of hydrogen-bond donors (Lipinski definition) is 0. The summed E-state index contributed by atoms with van der Waals surface area (Å²) in [6.07, 6.45) is 6.96. The fourth-order valence-corrected chi connectivity index (χ4v) is 4.30. The third-order valence-corrected chi connectivity index (χ3v) is 5.28. The summed E-state index contributed by atoms with van der Waals surface area (Å²) in [5.41, 5.74) is 1.37. The van der Waals surface area contributed by atoms with Gasteiger partial charge in [0.1, 0.15) is 17.6 Å². The number of fused-ring (bicyclic) bond motifs is 3. The van der Waals surface area contributed by atoms with Gasteiger partial charge in [-0.2, -0.15) is 0 Å². The van der Waals surface area contributed by atoms with Crippen LogP contribution in [-0.2, 0) is 0 Å². The maximum absolute atomic E-state index is 6.34. The highest BCUT2D eigenvalue weighted by Crippen LogP contribution is 2.48. The van der Waals surface area contributed by atoms with Crippen LogP contribution in [0.25, 0.3) is 0 Å². The first kappa shape index (κ1) is 12.5. The van der Waals surface area contributed by atoms with E-state index in [0.29, 0.717) is 18.1 Å². The molecule has 3 atom stereocenters. The lowest BCUT2D eigenvalue weighted by Gasteiger charge is -2.38. The third kappa shape index (κ3) is 1.91. The van der Waals surface area contributed by atoms with E-state index in [1.54, 1.807) is 7.11 Å². The van der Waals surface area contributed by atoms with Crippen LogP contribution in [0.15, 0.2) is 18.2 Å². The summed E-state index contributed by atoms with van der Waals surface area (Å²) >= 11 is 0. The second-order valence-corrected chi connectivity index (χ2v) is 6.33. The van der Waals surface area contributed by atoms with E-state index >= 15 is 0 Å². The molecule has 20 heavy (non-hydrogen) atoms. The van der Waals surface area contributed by atoms with E-state index in [2.05, 4.69) is 17.0 Å². The molecule has 0 aromatic heterocycles. The lowest BCUT2D eigenvalue weighted by atomic mass is 9.80.